The molecule has 2 amide bonds. The molecule has 0 spiro atoms. The van der Waals surface area contributed by atoms with Gasteiger partial charge in [-0.3, -0.25) is 9.59 Å². The highest BCUT2D eigenvalue weighted by Gasteiger charge is 2.32. The summed E-state index contributed by atoms with van der Waals surface area (Å²) in [6.07, 6.45) is 7.53. The van der Waals surface area contributed by atoms with Gasteiger partial charge in [0.05, 0.1) is 11.8 Å². The number of nitrogens with one attached hydrogen (secondary N) is 1. The number of amides is 2. The molecule has 1 aromatic carbocycles. The molecule has 1 N–H and O–H groups in total. The van der Waals surface area contributed by atoms with Gasteiger partial charge in [0.2, 0.25) is 0 Å². The van der Waals surface area contributed by atoms with Crippen molar-refractivity contribution in [2.75, 3.05) is 25.0 Å². The van der Waals surface area contributed by atoms with Crippen LogP contribution in [0.15, 0.2) is 54.2 Å². The van der Waals surface area contributed by atoms with Gasteiger partial charge in [0.25, 0.3) is 11.8 Å². The molecule has 2 aliphatic rings. The third kappa shape index (κ3) is 4.88. The molecule has 3 aromatic heterocycles. The zero-order chi connectivity index (χ0) is 26.2. The molecule has 4 heterocycles. The van der Waals surface area contributed by atoms with Crippen LogP contribution >= 0.6 is 11.3 Å². The van der Waals surface area contributed by atoms with E-state index in [1.54, 1.807) is 17.5 Å². The minimum Gasteiger partial charge on any atom is -0.357 e. The molecular weight excluding hydrogens is 498 g/mol. The van der Waals surface area contributed by atoms with Gasteiger partial charge in [-0.05, 0) is 50.7 Å². The summed E-state index contributed by atoms with van der Waals surface area (Å²) in [5.41, 5.74) is 1.87. The number of thiazole rings is 1. The zero-order valence-corrected chi connectivity index (χ0v) is 22.4. The summed E-state index contributed by atoms with van der Waals surface area (Å²) in [5, 5.41) is 9.51. The van der Waals surface area contributed by atoms with Crippen LogP contribution in [0, 0.1) is 5.92 Å². The van der Waals surface area contributed by atoms with E-state index < -0.39 is 0 Å². The van der Waals surface area contributed by atoms with Crippen LogP contribution in [0.4, 0.5) is 5.82 Å². The Balaban J connectivity index is 1.22. The third-order valence-electron chi connectivity index (χ3n) is 7.73. The normalized spacial score (nSPS) is 16.9. The maximum absolute atomic E-state index is 13.7. The number of carbonyl (C=O) groups is 2. The molecule has 1 saturated carbocycles. The summed E-state index contributed by atoms with van der Waals surface area (Å²) in [5.74, 6) is 1.74. The Bertz CT molecular complexity index is 1450. The van der Waals surface area contributed by atoms with E-state index >= 15 is 0 Å². The average Bonchev–Trinajstić information content (AvgIpc) is 3.57. The van der Waals surface area contributed by atoms with E-state index in [-0.39, 0.29) is 17.9 Å². The molecule has 0 bridgehead atoms. The van der Waals surface area contributed by atoms with Crippen LogP contribution in [0.2, 0.25) is 0 Å². The zero-order valence-electron chi connectivity index (χ0n) is 21.6. The van der Waals surface area contributed by atoms with Crippen molar-refractivity contribution in [3.63, 3.8) is 0 Å². The smallest absolute Gasteiger partial charge is 0.272 e. The number of aromatic nitrogens is 4. The first-order valence-electron chi connectivity index (χ1n) is 13.2. The Hall–Kier alpha value is -3.79. The van der Waals surface area contributed by atoms with Crippen LogP contribution in [0.1, 0.15) is 53.5 Å². The van der Waals surface area contributed by atoms with Crippen LogP contribution in [0.5, 0.6) is 0 Å². The first-order chi connectivity index (χ1) is 18.5. The predicted molar refractivity (Wildman–Crippen MR) is 148 cm³/mol. The van der Waals surface area contributed by atoms with Crippen molar-refractivity contribution < 1.29 is 9.59 Å². The van der Waals surface area contributed by atoms with Gasteiger partial charge in [0.1, 0.15) is 16.3 Å². The van der Waals surface area contributed by atoms with Gasteiger partial charge >= 0.3 is 0 Å². The largest absolute Gasteiger partial charge is 0.357 e. The first-order valence-corrected chi connectivity index (χ1v) is 14.0. The Kier molecular flexibility index (Phi) is 6.57. The number of fused-ring (bicyclic) bond motifs is 1. The molecule has 10 heteroatoms. The molecule has 1 aliphatic heterocycles. The van der Waals surface area contributed by atoms with Crippen LogP contribution in [-0.2, 0) is 0 Å². The number of carbonyl (C=O) groups excluding carboxylic acids is 2. The predicted octanol–water partition coefficient (Wildman–Crippen LogP) is 4.12. The summed E-state index contributed by atoms with van der Waals surface area (Å²) in [6, 6.07) is 11.4. The lowest BCUT2D eigenvalue weighted by Crippen LogP contribution is -2.46. The number of likely N-dealkylation sites (tertiary alicyclic amines) is 1. The summed E-state index contributed by atoms with van der Waals surface area (Å²) < 4.78 is 1.81. The second kappa shape index (κ2) is 10.2. The second-order valence-corrected chi connectivity index (χ2v) is 11.1. The van der Waals surface area contributed by atoms with E-state index in [1.807, 2.05) is 64.4 Å². The summed E-state index contributed by atoms with van der Waals surface area (Å²) in [4.78, 5) is 40.8. The fraction of sp³-hybridized carbons (Fsp3) is 0.393. The summed E-state index contributed by atoms with van der Waals surface area (Å²) in [6.45, 7) is 3.34. The van der Waals surface area contributed by atoms with Gasteiger partial charge < -0.3 is 15.1 Å². The number of rotatable bonds is 7. The Morgan fingerprint density at radius 1 is 1.11 bits per heavy atom. The van der Waals surface area contributed by atoms with E-state index in [4.69, 9.17) is 9.97 Å². The van der Waals surface area contributed by atoms with Crippen molar-refractivity contribution in [3.05, 3.63) is 65.4 Å². The highest BCUT2D eigenvalue weighted by molar-refractivity contribution is 7.16. The van der Waals surface area contributed by atoms with E-state index in [9.17, 15) is 9.59 Å². The van der Waals surface area contributed by atoms with Crippen molar-refractivity contribution in [2.24, 2.45) is 5.92 Å². The molecule has 38 heavy (non-hydrogen) atoms. The highest BCUT2D eigenvalue weighted by Crippen LogP contribution is 2.36. The number of hydrogen-bond acceptors (Lipinski definition) is 7. The first kappa shape index (κ1) is 24.5. The fourth-order valence-corrected chi connectivity index (χ4v) is 5.87. The van der Waals surface area contributed by atoms with Crippen LogP contribution in [-0.4, -0.2) is 68.5 Å². The molecule has 1 atom stereocenters. The lowest BCUT2D eigenvalue weighted by molar-refractivity contribution is 0.0692. The average molecular weight is 530 g/mol. The van der Waals surface area contributed by atoms with Crippen molar-refractivity contribution in [1.82, 2.24) is 29.8 Å². The summed E-state index contributed by atoms with van der Waals surface area (Å²) in [7, 11) is 2.04. The molecule has 196 valence electrons. The van der Waals surface area contributed by atoms with Crippen LogP contribution < -0.4 is 10.2 Å². The van der Waals surface area contributed by atoms with Crippen LogP contribution in [0.3, 0.4) is 0 Å². The number of anilines is 1. The Morgan fingerprint density at radius 2 is 1.87 bits per heavy atom. The van der Waals surface area contributed by atoms with Gasteiger partial charge in [-0.15, -0.1) is 11.3 Å². The van der Waals surface area contributed by atoms with Crippen molar-refractivity contribution in [2.45, 2.75) is 44.7 Å². The van der Waals surface area contributed by atoms with Crippen molar-refractivity contribution in [3.8, 4) is 11.4 Å². The Morgan fingerprint density at radius 3 is 2.61 bits per heavy atom. The minimum atomic E-state index is -0.107. The maximum Gasteiger partial charge on any atom is 0.272 e. The molecule has 1 saturated heterocycles. The highest BCUT2D eigenvalue weighted by atomic mass is 32.1. The van der Waals surface area contributed by atoms with Gasteiger partial charge in [-0.1, -0.05) is 18.2 Å². The van der Waals surface area contributed by atoms with Gasteiger partial charge in [0, 0.05) is 55.4 Å². The van der Waals surface area contributed by atoms with Gasteiger partial charge in [-0.2, -0.15) is 5.10 Å². The van der Waals surface area contributed by atoms with E-state index in [0.717, 1.165) is 16.2 Å². The summed E-state index contributed by atoms with van der Waals surface area (Å²) >= 11 is 1.57. The lowest BCUT2D eigenvalue weighted by atomic mass is 10.0. The monoisotopic (exact) mass is 529 g/mol. The van der Waals surface area contributed by atoms with E-state index in [1.165, 1.54) is 12.8 Å². The SMILES string of the molecule is CC(C1CC1)N(C)c1cc(C(=O)N2CCC(NC(=O)c3ccccc3)CC2)nc(-c2cnn3ccsc23)n1. The Labute approximate surface area is 225 Å². The molecule has 6 rings (SSSR count). The number of benzene rings is 1. The molecule has 1 unspecified atom stereocenters. The fourth-order valence-electron chi connectivity index (χ4n) is 5.08. The standard InChI is InChI=1S/C28H31N7O2S/c1-18(19-8-9-19)33(2)24-16-23(31-25(32-24)22-17-29-35-14-15-38-28(22)35)27(37)34-12-10-21(11-13-34)30-26(36)20-6-4-3-5-7-20/h3-7,14-19,21H,8-13H2,1-2H3,(H,30,36). The molecule has 2 fully saturated rings. The molecular formula is C28H31N7O2S. The van der Waals surface area contributed by atoms with Crippen LogP contribution in [0.25, 0.3) is 16.2 Å². The number of hydrogen-bond donors (Lipinski definition) is 1. The topological polar surface area (TPSA) is 95.7 Å². The lowest BCUT2D eigenvalue weighted by Gasteiger charge is -2.32. The molecule has 1 aliphatic carbocycles. The second-order valence-electron chi connectivity index (χ2n) is 10.2. The third-order valence-corrected chi connectivity index (χ3v) is 8.62. The molecule has 0 radical (unpaired) electrons. The van der Waals surface area contributed by atoms with Crippen molar-refractivity contribution in [1.29, 1.82) is 0 Å². The molecule has 4 aromatic rings. The van der Waals surface area contributed by atoms with Crippen molar-refractivity contribution >= 4 is 33.8 Å². The van der Waals surface area contributed by atoms with Gasteiger partial charge in [-0.25, -0.2) is 14.5 Å². The number of nitrogens with zero attached hydrogens (tertiary/aromatic N) is 6. The van der Waals surface area contributed by atoms with E-state index in [2.05, 4.69) is 22.2 Å². The van der Waals surface area contributed by atoms with Gasteiger partial charge in [0.15, 0.2) is 5.82 Å². The number of piperidine rings is 1. The molecule has 9 nitrogen and oxygen atoms in total. The van der Waals surface area contributed by atoms with E-state index in [0.29, 0.717) is 55.0 Å². The quantitative estimate of drug-likeness (QED) is 0.387. The maximum atomic E-state index is 13.7. The minimum absolute atomic E-state index is 0.0355.